The Morgan fingerprint density at radius 3 is 2.72 bits per heavy atom. The first kappa shape index (κ1) is 20.8. The molecule has 1 aliphatic carbocycles. The number of nitrogens with zero attached hydrogens (tertiary/aromatic N) is 4. The maximum atomic E-state index is 13.2. The van der Waals surface area contributed by atoms with Crippen LogP contribution in [0.1, 0.15) is 44.1 Å². The van der Waals surface area contributed by atoms with Crippen molar-refractivity contribution in [3.8, 4) is 0 Å². The fourth-order valence-electron chi connectivity index (χ4n) is 5.23. The quantitative estimate of drug-likeness (QED) is 0.703. The van der Waals surface area contributed by atoms with Crippen molar-refractivity contribution in [2.75, 3.05) is 46.9 Å². The average molecular weight is 401 g/mol. The average Bonchev–Trinajstić information content (AvgIpc) is 3.55. The van der Waals surface area contributed by atoms with Crippen LogP contribution in [-0.2, 0) is 16.1 Å². The van der Waals surface area contributed by atoms with Crippen molar-refractivity contribution in [3.05, 3.63) is 30.1 Å². The number of hydrogen-bond acceptors (Lipinski definition) is 5. The zero-order chi connectivity index (χ0) is 20.3. The van der Waals surface area contributed by atoms with Gasteiger partial charge in [0.15, 0.2) is 0 Å². The number of pyridine rings is 1. The van der Waals surface area contributed by atoms with Crippen LogP contribution < -0.4 is 0 Å². The lowest BCUT2D eigenvalue weighted by atomic mass is 9.92. The molecule has 1 unspecified atom stereocenters. The molecule has 1 saturated carbocycles. The van der Waals surface area contributed by atoms with Crippen LogP contribution in [0.4, 0.5) is 0 Å². The number of hydrogen-bond donors (Lipinski definition) is 0. The molecule has 0 aromatic carbocycles. The van der Waals surface area contributed by atoms with Gasteiger partial charge >= 0.3 is 0 Å². The van der Waals surface area contributed by atoms with E-state index in [9.17, 15) is 4.79 Å². The van der Waals surface area contributed by atoms with Gasteiger partial charge in [-0.25, -0.2) is 0 Å². The molecule has 0 N–H and O–H groups in total. The van der Waals surface area contributed by atoms with Crippen LogP contribution in [-0.4, -0.2) is 84.1 Å². The van der Waals surface area contributed by atoms with Crippen molar-refractivity contribution in [3.63, 3.8) is 0 Å². The van der Waals surface area contributed by atoms with E-state index in [0.717, 1.165) is 58.4 Å². The number of aromatic nitrogens is 1. The summed E-state index contributed by atoms with van der Waals surface area (Å²) in [6.45, 7) is 6.00. The van der Waals surface area contributed by atoms with Crippen LogP contribution in [0.5, 0.6) is 0 Å². The molecule has 6 nitrogen and oxygen atoms in total. The van der Waals surface area contributed by atoms with Crippen LogP contribution in [0.25, 0.3) is 0 Å². The maximum absolute atomic E-state index is 13.2. The second-order valence-corrected chi connectivity index (χ2v) is 9.26. The van der Waals surface area contributed by atoms with Crippen molar-refractivity contribution >= 4 is 5.91 Å². The number of rotatable bonds is 7. The Balaban J connectivity index is 1.27. The predicted octanol–water partition coefficient (Wildman–Crippen LogP) is 2.40. The van der Waals surface area contributed by atoms with Crippen LogP contribution in [0.3, 0.4) is 0 Å². The summed E-state index contributed by atoms with van der Waals surface area (Å²) in [6.07, 6.45) is 10.5. The number of carbonyl (C=O) groups is 1. The minimum absolute atomic E-state index is 0.0221. The number of amides is 1. The van der Waals surface area contributed by atoms with E-state index in [2.05, 4.69) is 20.9 Å². The first-order valence-corrected chi connectivity index (χ1v) is 11.2. The Kier molecular flexibility index (Phi) is 6.52. The summed E-state index contributed by atoms with van der Waals surface area (Å²) < 4.78 is 5.38. The number of ether oxygens (including phenoxy) is 1. The largest absolute Gasteiger partial charge is 0.382 e. The molecule has 6 heteroatoms. The SMILES string of the molecule is COCC1(N(C)C(=O)C2CCCN(C3CCN(Cc4cccnc4)CC3)C2)CC1. The minimum Gasteiger partial charge on any atom is -0.382 e. The highest BCUT2D eigenvalue weighted by molar-refractivity contribution is 5.80. The molecule has 1 aromatic heterocycles. The van der Waals surface area contributed by atoms with E-state index in [1.807, 2.05) is 30.4 Å². The summed E-state index contributed by atoms with van der Waals surface area (Å²) in [5.41, 5.74) is 1.27. The van der Waals surface area contributed by atoms with Gasteiger partial charge in [-0.15, -0.1) is 0 Å². The van der Waals surface area contributed by atoms with Gasteiger partial charge in [-0.1, -0.05) is 6.07 Å². The molecule has 3 heterocycles. The first-order valence-electron chi connectivity index (χ1n) is 11.2. The standard InChI is InChI=1S/C23H36N4O2/c1-25(23(9-10-23)18-29-2)22(28)20-6-4-12-27(17-20)21-7-13-26(14-8-21)16-19-5-3-11-24-15-19/h3,5,11,15,20-21H,4,6-10,12-14,16-18H2,1-2H3. The normalized spacial score (nSPS) is 25.7. The van der Waals surface area contributed by atoms with E-state index in [1.54, 1.807) is 7.11 Å². The molecule has 160 valence electrons. The highest BCUT2D eigenvalue weighted by Crippen LogP contribution is 2.42. The highest BCUT2D eigenvalue weighted by atomic mass is 16.5. The lowest BCUT2D eigenvalue weighted by Crippen LogP contribution is -2.52. The van der Waals surface area contributed by atoms with Crippen molar-refractivity contribution in [2.45, 2.75) is 56.7 Å². The fraction of sp³-hybridized carbons (Fsp3) is 0.739. The van der Waals surface area contributed by atoms with Crippen LogP contribution in [0.15, 0.2) is 24.5 Å². The van der Waals surface area contributed by atoms with Gasteiger partial charge in [-0.3, -0.25) is 19.6 Å². The van der Waals surface area contributed by atoms with Crippen molar-refractivity contribution < 1.29 is 9.53 Å². The van der Waals surface area contributed by atoms with Crippen LogP contribution in [0, 0.1) is 5.92 Å². The number of likely N-dealkylation sites (tertiary alicyclic amines) is 2. The molecule has 3 fully saturated rings. The van der Waals surface area contributed by atoms with Gasteiger partial charge in [0.25, 0.3) is 0 Å². The third kappa shape index (κ3) is 4.81. The molecule has 1 atom stereocenters. The first-order chi connectivity index (χ1) is 14.1. The Morgan fingerprint density at radius 2 is 2.07 bits per heavy atom. The fourth-order valence-corrected chi connectivity index (χ4v) is 5.23. The van der Waals surface area contributed by atoms with Gasteiger partial charge in [0, 0.05) is 45.7 Å². The second kappa shape index (κ2) is 9.11. The van der Waals surface area contributed by atoms with Gasteiger partial charge < -0.3 is 9.64 Å². The zero-order valence-electron chi connectivity index (χ0n) is 18.1. The van der Waals surface area contributed by atoms with E-state index in [1.165, 1.54) is 18.4 Å². The molecule has 0 radical (unpaired) electrons. The molecule has 2 aliphatic heterocycles. The smallest absolute Gasteiger partial charge is 0.227 e. The Bertz CT molecular complexity index is 671. The van der Waals surface area contributed by atoms with E-state index in [-0.39, 0.29) is 11.5 Å². The Labute approximate surface area is 175 Å². The molecule has 2 saturated heterocycles. The highest BCUT2D eigenvalue weighted by Gasteiger charge is 2.49. The molecule has 29 heavy (non-hydrogen) atoms. The third-order valence-corrected chi connectivity index (χ3v) is 7.29. The lowest BCUT2D eigenvalue weighted by molar-refractivity contribution is -0.140. The zero-order valence-corrected chi connectivity index (χ0v) is 18.1. The van der Waals surface area contributed by atoms with Crippen molar-refractivity contribution in [1.82, 2.24) is 19.7 Å². The number of likely N-dealkylation sites (N-methyl/N-ethyl adjacent to an activating group) is 1. The number of methoxy groups -OCH3 is 1. The molecule has 0 spiro atoms. The minimum atomic E-state index is -0.0221. The molecule has 4 rings (SSSR count). The number of carbonyl (C=O) groups excluding carboxylic acids is 1. The summed E-state index contributed by atoms with van der Waals surface area (Å²) in [5.74, 6) is 0.481. The topological polar surface area (TPSA) is 48.9 Å². The van der Waals surface area contributed by atoms with Gasteiger partial charge in [0.2, 0.25) is 5.91 Å². The molecular formula is C23H36N4O2. The lowest BCUT2D eigenvalue weighted by Gasteiger charge is -2.43. The summed E-state index contributed by atoms with van der Waals surface area (Å²) in [6, 6.07) is 4.80. The molecule has 3 aliphatic rings. The Morgan fingerprint density at radius 1 is 1.28 bits per heavy atom. The van der Waals surface area contributed by atoms with Gasteiger partial charge in [0.05, 0.1) is 18.1 Å². The van der Waals surface area contributed by atoms with Crippen LogP contribution in [0.2, 0.25) is 0 Å². The summed E-state index contributed by atoms with van der Waals surface area (Å²) >= 11 is 0. The molecular weight excluding hydrogens is 364 g/mol. The van der Waals surface area contributed by atoms with Gasteiger partial charge in [-0.2, -0.15) is 0 Å². The Hall–Kier alpha value is -1.50. The predicted molar refractivity (Wildman–Crippen MR) is 113 cm³/mol. The van der Waals surface area contributed by atoms with Gasteiger partial charge in [0.1, 0.15) is 0 Å². The maximum Gasteiger partial charge on any atom is 0.227 e. The number of piperidine rings is 2. The van der Waals surface area contributed by atoms with E-state index in [0.29, 0.717) is 18.6 Å². The van der Waals surface area contributed by atoms with Crippen LogP contribution >= 0.6 is 0 Å². The monoisotopic (exact) mass is 400 g/mol. The molecule has 1 aromatic rings. The van der Waals surface area contributed by atoms with Crippen molar-refractivity contribution in [1.29, 1.82) is 0 Å². The van der Waals surface area contributed by atoms with E-state index >= 15 is 0 Å². The third-order valence-electron chi connectivity index (χ3n) is 7.29. The summed E-state index contributed by atoms with van der Waals surface area (Å²) in [5, 5.41) is 0. The second-order valence-electron chi connectivity index (χ2n) is 9.26. The molecule has 1 amide bonds. The van der Waals surface area contributed by atoms with E-state index < -0.39 is 0 Å². The van der Waals surface area contributed by atoms with E-state index in [4.69, 9.17) is 4.74 Å². The van der Waals surface area contributed by atoms with Gasteiger partial charge in [-0.05, 0) is 69.8 Å². The summed E-state index contributed by atoms with van der Waals surface area (Å²) in [7, 11) is 3.73. The molecule has 0 bridgehead atoms. The summed E-state index contributed by atoms with van der Waals surface area (Å²) in [4.78, 5) is 24.6. The van der Waals surface area contributed by atoms with Crippen molar-refractivity contribution in [2.24, 2.45) is 5.92 Å².